The second-order valence-corrected chi connectivity index (χ2v) is 7.05. The number of hydrogen-bond acceptors (Lipinski definition) is 3. The number of thiazole rings is 1. The number of carbonyl (C=O) groups is 2. The lowest BCUT2D eigenvalue weighted by Crippen LogP contribution is -2.22. The van der Waals surface area contributed by atoms with Crippen LogP contribution in [0.15, 0.2) is 65.1 Å². The van der Waals surface area contributed by atoms with Crippen molar-refractivity contribution < 1.29 is 9.59 Å². The van der Waals surface area contributed by atoms with Crippen LogP contribution in [0.5, 0.6) is 0 Å². The maximum atomic E-state index is 12.4. The van der Waals surface area contributed by atoms with Crippen LogP contribution in [-0.2, 0) is 6.54 Å². The molecule has 0 unspecified atom stereocenters. The van der Waals surface area contributed by atoms with Crippen molar-refractivity contribution in [2.75, 3.05) is 6.54 Å². The summed E-state index contributed by atoms with van der Waals surface area (Å²) in [6.45, 7) is 3.03. The second-order valence-electron chi connectivity index (χ2n) is 5.77. The number of hydrogen-bond donors (Lipinski definition) is 1. The van der Waals surface area contributed by atoms with Crippen LogP contribution in [0.2, 0.25) is 5.02 Å². The van der Waals surface area contributed by atoms with Gasteiger partial charge in [0.25, 0.3) is 11.8 Å². The maximum Gasteiger partial charge on any atom is 0.281 e. The number of rotatable bonds is 5. The summed E-state index contributed by atoms with van der Waals surface area (Å²) >= 11 is 7.46. The Morgan fingerprint density at radius 1 is 1.15 bits per heavy atom. The lowest BCUT2D eigenvalue weighted by Gasteiger charge is -2.06. The van der Waals surface area contributed by atoms with Crippen LogP contribution in [0.4, 0.5) is 0 Å². The molecule has 0 radical (unpaired) electrons. The van der Waals surface area contributed by atoms with Crippen molar-refractivity contribution in [3.05, 3.63) is 86.6 Å². The van der Waals surface area contributed by atoms with E-state index in [1.807, 2.05) is 35.2 Å². The molecule has 1 aromatic heterocycles. The SMILES string of the molecule is CCNC(=O)c1ccc(Cn2ccsc2=NC(=O)c2ccccc2Cl)cc1. The molecule has 0 aliphatic heterocycles. The quantitative estimate of drug-likeness (QED) is 0.710. The van der Waals surface area contributed by atoms with Crippen molar-refractivity contribution >= 4 is 34.8 Å². The van der Waals surface area contributed by atoms with E-state index in [9.17, 15) is 9.59 Å². The van der Waals surface area contributed by atoms with Crippen molar-refractivity contribution in [3.8, 4) is 0 Å². The second kappa shape index (κ2) is 8.79. The molecule has 0 saturated heterocycles. The molecular weight excluding hydrogens is 382 g/mol. The molecule has 7 heteroatoms. The molecule has 0 atom stereocenters. The molecule has 5 nitrogen and oxygen atoms in total. The van der Waals surface area contributed by atoms with Gasteiger partial charge in [-0.15, -0.1) is 11.3 Å². The first-order valence-corrected chi connectivity index (χ1v) is 9.69. The first-order valence-electron chi connectivity index (χ1n) is 8.43. The Labute approximate surface area is 166 Å². The first kappa shape index (κ1) is 19.1. The molecule has 3 rings (SSSR count). The number of amides is 2. The lowest BCUT2D eigenvalue weighted by atomic mass is 10.1. The summed E-state index contributed by atoms with van der Waals surface area (Å²) in [5, 5.41) is 5.03. The van der Waals surface area contributed by atoms with E-state index in [4.69, 9.17) is 11.6 Å². The van der Waals surface area contributed by atoms with Crippen LogP contribution in [-0.4, -0.2) is 22.9 Å². The van der Waals surface area contributed by atoms with Gasteiger partial charge in [0.2, 0.25) is 0 Å². The Morgan fingerprint density at radius 3 is 2.59 bits per heavy atom. The highest BCUT2D eigenvalue weighted by Crippen LogP contribution is 2.15. The zero-order valence-corrected chi connectivity index (χ0v) is 16.3. The summed E-state index contributed by atoms with van der Waals surface area (Å²) in [6.07, 6.45) is 1.88. The van der Waals surface area contributed by atoms with Gasteiger partial charge in [-0.05, 0) is 36.8 Å². The van der Waals surface area contributed by atoms with E-state index < -0.39 is 0 Å². The van der Waals surface area contributed by atoms with Gasteiger partial charge in [0.15, 0.2) is 4.80 Å². The molecule has 2 amide bonds. The van der Waals surface area contributed by atoms with E-state index in [1.165, 1.54) is 11.3 Å². The van der Waals surface area contributed by atoms with E-state index in [2.05, 4.69) is 10.3 Å². The maximum absolute atomic E-state index is 12.4. The lowest BCUT2D eigenvalue weighted by molar-refractivity contribution is 0.0954. The zero-order chi connectivity index (χ0) is 19.2. The predicted molar refractivity (Wildman–Crippen MR) is 107 cm³/mol. The molecule has 3 aromatic rings. The van der Waals surface area contributed by atoms with E-state index in [-0.39, 0.29) is 11.8 Å². The third-order valence-electron chi connectivity index (χ3n) is 3.87. The molecule has 1 N–H and O–H groups in total. The summed E-state index contributed by atoms with van der Waals surface area (Å²) < 4.78 is 1.89. The molecule has 0 saturated carbocycles. The topological polar surface area (TPSA) is 63.5 Å². The number of aromatic nitrogens is 1. The summed E-state index contributed by atoms with van der Waals surface area (Å²) in [7, 11) is 0. The molecule has 0 aliphatic rings. The van der Waals surface area contributed by atoms with Gasteiger partial charge in [0, 0.05) is 30.2 Å². The average Bonchev–Trinajstić information content (AvgIpc) is 3.09. The van der Waals surface area contributed by atoms with E-state index in [0.717, 1.165) is 5.56 Å². The molecule has 138 valence electrons. The fourth-order valence-corrected chi connectivity index (χ4v) is 3.45. The number of halogens is 1. The van der Waals surface area contributed by atoms with Gasteiger partial charge < -0.3 is 9.88 Å². The van der Waals surface area contributed by atoms with Gasteiger partial charge in [-0.1, -0.05) is 35.9 Å². The minimum absolute atomic E-state index is 0.0896. The minimum Gasteiger partial charge on any atom is -0.352 e. The number of benzene rings is 2. The van der Waals surface area contributed by atoms with Crippen LogP contribution < -0.4 is 10.1 Å². The highest BCUT2D eigenvalue weighted by atomic mass is 35.5. The van der Waals surface area contributed by atoms with Crippen LogP contribution in [0.3, 0.4) is 0 Å². The van der Waals surface area contributed by atoms with Crippen LogP contribution in [0.1, 0.15) is 33.2 Å². The molecule has 2 aromatic carbocycles. The van der Waals surface area contributed by atoms with Gasteiger partial charge >= 0.3 is 0 Å². The number of nitrogens with zero attached hydrogens (tertiary/aromatic N) is 2. The molecule has 0 fully saturated rings. The molecule has 1 heterocycles. The first-order chi connectivity index (χ1) is 13.1. The Morgan fingerprint density at radius 2 is 1.89 bits per heavy atom. The molecule has 0 aliphatic carbocycles. The largest absolute Gasteiger partial charge is 0.352 e. The number of carbonyl (C=O) groups excluding carboxylic acids is 2. The number of nitrogens with one attached hydrogen (secondary N) is 1. The predicted octanol–water partition coefficient (Wildman–Crippen LogP) is 3.74. The summed E-state index contributed by atoms with van der Waals surface area (Å²) in [4.78, 5) is 29.0. The van der Waals surface area contributed by atoms with Crippen molar-refractivity contribution in [2.45, 2.75) is 13.5 Å². The normalized spacial score (nSPS) is 11.4. The smallest absolute Gasteiger partial charge is 0.281 e. The third kappa shape index (κ3) is 4.72. The van der Waals surface area contributed by atoms with Gasteiger partial charge in [-0.25, -0.2) is 0 Å². The van der Waals surface area contributed by atoms with Gasteiger partial charge in [0.05, 0.1) is 10.6 Å². The van der Waals surface area contributed by atoms with Crippen molar-refractivity contribution in [1.82, 2.24) is 9.88 Å². The van der Waals surface area contributed by atoms with Crippen molar-refractivity contribution in [2.24, 2.45) is 4.99 Å². The molecule has 27 heavy (non-hydrogen) atoms. The Hall–Kier alpha value is -2.70. The van der Waals surface area contributed by atoms with Crippen LogP contribution in [0.25, 0.3) is 0 Å². The fourth-order valence-electron chi connectivity index (χ4n) is 2.51. The van der Waals surface area contributed by atoms with Gasteiger partial charge in [-0.2, -0.15) is 4.99 Å². The molecule has 0 spiro atoms. The highest BCUT2D eigenvalue weighted by molar-refractivity contribution is 7.07. The van der Waals surface area contributed by atoms with Crippen molar-refractivity contribution in [3.63, 3.8) is 0 Å². The third-order valence-corrected chi connectivity index (χ3v) is 4.99. The van der Waals surface area contributed by atoms with E-state index in [1.54, 1.807) is 36.4 Å². The van der Waals surface area contributed by atoms with Crippen LogP contribution >= 0.6 is 22.9 Å². The van der Waals surface area contributed by atoms with Crippen LogP contribution in [0, 0.1) is 0 Å². The van der Waals surface area contributed by atoms with E-state index in [0.29, 0.717) is 34.0 Å². The van der Waals surface area contributed by atoms with Crippen molar-refractivity contribution in [1.29, 1.82) is 0 Å². The Balaban J connectivity index is 1.80. The van der Waals surface area contributed by atoms with Gasteiger partial charge in [-0.3, -0.25) is 9.59 Å². The summed E-state index contributed by atoms with van der Waals surface area (Å²) in [5.74, 6) is -0.461. The Bertz CT molecular complexity index is 1020. The van der Waals surface area contributed by atoms with E-state index >= 15 is 0 Å². The molecular formula is C20H18ClN3O2S. The Kier molecular flexibility index (Phi) is 6.21. The monoisotopic (exact) mass is 399 g/mol. The summed E-state index contributed by atoms with van der Waals surface area (Å²) in [5.41, 5.74) is 2.01. The van der Waals surface area contributed by atoms with Gasteiger partial charge in [0.1, 0.15) is 0 Å². The fraction of sp³-hybridized carbons (Fsp3) is 0.150. The zero-order valence-electron chi connectivity index (χ0n) is 14.7. The minimum atomic E-state index is -0.372. The highest BCUT2D eigenvalue weighted by Gasteiger charge is 2.09. The summed E-state index contributed by atoms with van der Waals surface area (Å²) in [6, 6.07) is 14.2. The average molecular weight is 400 g/mol. The standard InChI is InChI=1S/C20H18ClN3O2S/c1-2-22-18(25)15-9-7-14(8-10-15)13-24-11-12-27-20(24)23-19(26)16-5-3-4-6-17(16)21/h3-12H,2,13H2,1H3,(H,22,25). The molecule has 0 bridgehead atoms.